The van der Waals surface area contributed by atoms with E-state index < -0.39 is 5.41 Å². The number of carbonyl (C=O) groups is 1. The molecule has 2 aromatic carbocycles. The van der Waals surface area contributed by atoms with E-state index >= 15 is 0 Å². The molecule has 0 bridgehead atoms. The minimum absolute atomic E-state index is 0.0782. The van der Waals surface area contributed by atoms with Gasteiger partial charge in [-0.1, -0.05) is 42.5 Å². The van der Waals surface area contributed by atoms with Crippen molar-refractivity contribution in [2.24, 2.45) is 0 Å². The molecular formula is C22H27NO3. The van der Waals surface area contributed by atoms with Gasteiger partial charge in [0.2, 0.25) is 5.91 Å². The van der Waals surface area contributed by atoms with Gasteiger partial charge in [0.05, 0.1) is 11.5 Å². The van der Waals surface area contributed by atoms with Crippen LogP contribution >= 0.6 is 0 Å². The lowest BCUT2D eigenvalue weighted by Gasteiger charge is -2.36. The molecule has 4 nitrogen and oxygen atoms in total. The molecule has 1 fully saturated rings. The molecule has 1 amide bonds. The SMILES string of the molecule is CC(C)Oc1ccc(CNC(=O)C2(c3ccccc3)CCOCC2)cc1. The lowest BCUT2D eigenvalue weighted by Crippen LogP contribution is -2.47. The summed E-state index contributed by atoms with van der Waals surface area (Å²) in [7, 11) is 0. The molecule has 0 spiro atoms. The summed E-state index contributed by atoms with van der Waals surface area (Å²) in [6, 6.07) is 17.9. The average molecular weight is 353 g/mol. The van der Waals surface area contributed by atoms with Gasteiger partial charge in [-0.3, -0.25) is 4.79 Å². The van der Waals surface area contributed by atoms with Crippen molar-refractivity contribution in [1.29, 1.82) is 0 Å². The van der Waals surface area contributed by atoms with Gasteiger partial charge in [-0.2, -0.15) is 0 Å². The second-order valence-electron chi connectivity index (χ2n) is 7.05. The zero-order chi connectivity index (χ0) is 18.4. The van der Waals surface area contributed by atoms with Gasteiger partial charge in [-0.15, -0.1) is 0 Å². The topological polar surface area (TPSA) is 47.6 Å². The molecule has 1 saturated heterocycles. The van der Waals surface area contributed by atoms with Gasteiger partial charge in [0.1, 0.15) is 5.75 Å². The summed E-state index contributed by atoms with van der Waals surface area (Å²) >= 11 is 0. The fourth-order valence-corrected chi connectivity index (χ4v) is 3.43. The molecule has 0 atom stereocenters. The number of amides is 1. The fourth-order valence-electron chi connectivity index (χ4n) is 3.43. The Labute approximate surface area is 155 Å². The Kier molecular flexibility index (Phi) is 5.94. The van der Waals surface area contributed by atoms with Gasteiger partial charge in [0.25, 0.3) is 0 Å². The van der Waals surface area contributed by atoms with Crippen molar-refractivity contribution in [3.05, 3.63) is 65.7 Å². The monoisotopic (exact) mass is 353 g/mol. The Balaban J connectivity index is 1.69. The number of benzene rings is 2. The van der Waals surface area contributed by atoms with E-state index in [0.29, 0.717) is 32.6 Å². The van der Waals surface area contributed by atoms with Crippen LogP contribution in [0.2, 0.25) is 0 Å². The highest BCUT2D eigenvalue weighted by Gasteiger charge is 2.41. The van der Waals surface area contributed by atoms with Crippen molar-refractivity contribution in [1.82, 2.24) is 5.32 Å². The van der Waals surface area contributed by atoms with Crippen LogP contribution in [0.4, 0.5) is 0 Å². The first kappa shape index (κ1) is 18.5. The standard InChI is InChI=1S/C22H27NO3/c1-17(2)26-20-10-8-18(9-11-20)16-23-21(24)22(12-14-25-15-13-22)19-6-4-3-5-7-19/h3-11,17H,12-16H2,1-2H3,(H,23,24). The number of carbonyl (C=O) groups excluding carboxylic acids is 1. The summed E-state index contributed by atoms with van der Waals surface area (Å²) in [6.07, 6.45) is 1.58. The normalized spacial score (nSPS) is 16.3. The van der Waals surface area contributed by atoms with Crippen LogP contribution in [0.5, 0.6) is 5.75 Å². The second kappa shape index (κ2) is 8.37. The molecule has 26 heavy (non-hydrogen) atoms. The highest BCUT2D eigenvalue weighted by atomic mass is 16.5. The zero-order valence-electron chi connectivity index (χ0n) is 15.5. The van der Waals surface area contributed by atoms with Gasteiger partial charge >= 0.3 is 0 Å². The molecule has 0 aliphatic carbocycles. The first-order chi connectivity index (χ1) is 12.6. The third-order valence-corrected chi connectivity index (χ3v) is 4.86. The molecule has 1 aliphatic rings. The minimum Gasteiger partial charge on any atom is -0.491 e. The van der Waals surface area contributed by atoms with E-state index in [9.17, 15) is 4.79 Å². The highest BCUT2D eigenvalue weighted by Crippen LogP contribution is 2.35. The first-order valence-corrected chi connectivity index (χ1v) is 9.27. The Morgan fingerprint density at radius 1 is 1.08 bits per heavy atom. The molecule has 3 rings (SSSR count). The molecule has 4 heteroatoms. The number of nitrogens with one attached hydrogen (secondary N) is 1. The Morgan fingerprint density at radius 2 is 1.73 bits per heavy atom. The van der Waals surface area contributed by atoms with E-state index in [0.717, 1.165) is 16.9 Å². The molecule has 138 valence electrons. The van der Waals surface area contributed by atoms with Crippen LogP contribution < -0.4 is 10.1 Å². The molecule has 1 aliphatic heterocycles. The molecule has 0 unspecified atom stereocenters. The van der Waals surface area contributed by atoms with Crippen LogP contribution in [0.15, 0.2) is 54.6 Å². The van der Waals surface area contributed by atoms with Gasteiger partial charge < -0.3 is 14.8 Å². The number of hydrogen-bond acceptors (Lipinski definition) is 3. The molecule has 0 saturated carbocycles. The fraction of sp³-hybridized carbons (Fsp3) is 0.409. The summed E-state index contributed by atoms with van der Waals surface area (Å²) in [5.41, 5.74) is 1.63. The summed E-state index contributed by atoms with van der Waals surface area (Å²) in [5, 5.41) is 3.13. The van der Waals surface area contributed by atoms with E-state index in [1.807, 2.05) is 68.4 Å². The number of ether oxygens (including phenoxy) is 2. The molecule has 0 aromatic heterocycles. The van der Waals surface area contributed by atoms with Crippen LogP contribution in [-0.2, 0) is 21.5 Å². The van der Waals surface area contributed by atoms with E-state index in [-0.39, 0.29) is 12.0 Å². The summed E-state index contributed by atoms with van der Waals surface area (Å²) in [4.78, 5) is 13.1. The molecule has 2 aromatic rings. The Bertz CT molecular complexity index is 704. The number of hydrogen-bond donors (Lipinski definition) is 1. The van der Waals surface area contributed by atoms with Crippen molar-refractivity contribution in [3.63, 3.8) is 0 Å². The summed E-state index contributed by atoms with van der Waals surface area (Å²) < 4.78 is 11.2. The van der Waals surface area contributed by atoms with Crippen molar-refractivity contribution in [3.8, 4) is 5.75 Å². The van der Waals surface area contributed by atoms with Gasteiger partial charge in [-0.25, -0.2) is 0 Å². The maximum Gasteiger partial charge on any atom is 0.231 e. The van der Waals surface area contributed by atoms with E-state index in [2.05, 4.69) is 5.32 Å². The maximum absolute atomic E-state index is 13.1. The van der Waals surface area contributed by atoms with Gasteiger partial charge in [0.15, 0.2) is 0 Å². The van der Waals surface area contributed by atoms with Crippen LogP contribution in [0.3, 0.4) is 0 Å². The minimum atomic E-state index is -0.500. The molecule has 1 N–H and O–H groups in total. The van der Waals surface area contributed by atoms with Crippen LogP contribution in [0, 0.1) is 0 Å². The number of rotatable bonds is 6. The van der Waals surface area contributed by atoms with Crippen LogP contribution in [-0.4, -0.2) is 25.2 Å². The van der Waals surface area contributed by atoms with Gasteiger partial charge in [0, 0.05) is 19.8 Å². The summed E-state index contributed by atoms with van der Waals surface area (Å²) in [5.74, 6) is 0.926. The quantitative estimate of drug-likeness (QED) is 0.858. The first-order valence-electron chi connectivity index (χ1n) is 9.27. The lowest BCUT2D eigenvalue weighted by molar-refractivity contribution is -0.130. The zero-order valence-corrected chi connectivity index (χ0v) is 15.5. The average Bonchev–Trinajstić information content (AvgIpc) is 2.68. The van der Waals surface area contributed by atoms with Crippen molar-refractivity contribution >= 4 is 5.91 Å². The van der Waals surface area contributed by atoms with E-state index in [1.54, 1.807) is 0 Å². The highest BCUT2D eigenvalue weighted by molar-refractivity contribution is 5.88. The van der Waals surface area contributed by atoms with E-state index in [1.165, 1.54) is 0 Å². The summed E-state index contributed by atoms with van der Waals surface area (Å²) in [6.45, 7) is 5.75. The largest absolute Gasteiger partial charge is 0.491 e. The molecular weight excluding hydrogens is 326 g/mol. The van der Waals surface area contributed by atoms with E-state index in [4.69, 9.17) is 9.47 Å². The van der Waals surface area contributed by atoms with Crippen LogP contribution in [0.1, 0.15) is 37.8 Å². The van der Waals surface area contributed by atoms with Gasteiger partial charge in [-0.05, 0) is 49.9 Å². The molecule has 1 heterocycles. The van der Waals surface area contributed by atoms with Crippen molar-refractivity contribution in [2.75, 3.05) is 13.2 Å². The second-order valence-corrected chi connectivity index (χ2v) is 7.05. The lowest BCUT2D eigenvalue weighted by atomic mass is 9.73. The smallest absolute Gasteiger partial charge is 0.231 e. The predicted molar refractivity (Wildman–Crippen MR) is 102 cm³/mol. The Hall–Kier alpha value is -2.33. The van der Waals surface area contributed by atoms with Crippen LogP contribution in [0.25, 0.3) is 0 Å². The third kappa shape index (κ3) is 4.25. The molecule has 0 radical (unpaired) electrons. The van der Waals surface area contributed by atoms with Crippen molar-refractivity contribution < 1.29 is 14.3 Å². The van der Waals surface area contributed by atoms with Crippen molar-refractivity contribution in [2.45, 2.75) is 44.8 Å². The third-order valence-electron chi connectivity index (χ3n) is 4.86. The Morgan fingerprint density at radius 3 is 2.35 bits per heavy atom. The maximum atomic E-state index is 13.1. The predicted octanol–water partition coefficient (Wildman–Crippen LogP) is 3.84.